The highest BCUT2D eigenvalue weighted by Gasteiger charge is 2.12. The summed E-state index contributed by atoms with van der Waals surface area (Å²) in [6.45, 7) is 8.10. The average Bonchev–Trinajstić information content (AvgIpc) is 2.36. The first-order valence-corrected chi connectivity index (χ1v) is 6.94. The first-order chi connectivity index (χ1) is 8.93. The van der Waals surface area contributed by atoms with Crippen LogP contribution in [0.5, 0.6) is 0 Å². The molecule has 20 heavy (non-hydrogen) atoms. The Morgan fingerprint density at radius 1 is 1.15 bits per heavy atom. The molecule has 2 N–H and O–H groups in total. The van der Waals surface area contributed by atoms with E-state index < -0.39 is 0 Å². The van der Waals surface area contributed by atoms with Gasteiger partial charge in [-0.05, 0) is 36.6 Å². The van der Waals surface area contributed by atoms with Crippen molar-refractivity contribution in [2.45, 2.75) is 45.6 Å². The minimum absolute atomic E-state index is 0. The van der Waals surface area contributed by atoms with Crippen LogP contribution in [0, 0.1) is 0 Å². The van der Waals surface area contributed by atoms with Gasteiger partial charge >= 0.3 is 0 Å². The highest BCUT2D eigenvalue weighted by Crippen LogP contribution is 2.22. The number of carbonyl (C=O) groups excluding carboxylic acids is 1. The molecule has 1 aromatic carbocycles. The van der Waals surface area contributed by atoms with Crippen LogP contribution < -0.4 is 10.6 Å². The van der Waals surface area contributed by atoms with Gasteiger partial charge in [0.15, 0.2) is 0 Å². The van der Waals surface area contributed by atoms with Crippen molar-refractivity contribution >= 4 is 18.3 Å². The highest BCUT2D eigenvalue weighted by atomic mass is 35.5. The minimum Gasteiger partial charge on any atom is -0.352 e. The van der Waals surface area contributed by atoms with E-state index in [2.05, 4.69) is 55.7 Å². The molecule has 0 unspecified atom stereocenters. The van der Waals surface area contributed by atoms with Gasteiger partial charge in [0.2, 0.25) is 5.91 Å². The van der Waals surface area contributed by atoms with Crippen molar-refractivity contribution < 1.29 is 4.79 Å². The van der Waals surface area contributed by atoms with Crippen LogP contribution >= 0.6 is 12.4 Å². The smallest absolute Gasteiger partial charge is 0.220 e. The van der Waals surface area contributed by atoms with Crippen LogP contribution in [0.2, 0.25) is 0 Å². The van der Waals surface area contributed by atoms with Gasteiger partial charge in [-0.25, -0.2) is 0 Å². The molecule has 0 bridgehead atoms. The topological polar surface area (TPSA) is 41.1 Å². The molecule has 3 nitrogen and oxygen atoms in total. The zero-order valence-electron chi connectivity index (χ0n) is 13.0. The Morgan fingerprint density at radius 3 is 2.25 bits per heavy atom. The fraction of sp³-hybridized carbons (Fsp3) is 0.562. The van der Waals surface area contributed by atoms with E-state index in [0.29, 0.717) is 13.0 Å². The maximum atomic E-state index is 11.6. The molecule has 1 aromatic rings. The summed E-state index contributed by atoms with van der Waals surface area (Å²) in [4.78, 5) is 11.6. The van der Waals surface area contributed by atoms with Crippen molar-refractivity contribution in [2.75, 3.05) is 13.6 Å². The zero-order chi connectivity index (χ0) is 14.3. The molecule has 1 amide bonds. The molecule has 0 aliphatic heterocycles. The minimum atomic E-state index is 0. The Hall–Kier alpha value is -1.06. The predicted octanol–water partition coefficient (Wildman–Crippen LogP) is 3.02. The van der Waals surface area contributed by atoms with E-state index in [1.54, 1.807) is 0 Å². The number of carbonyl (C=O) groups is 1. The van der Waals surface area contributed by atoms with E-state index in [1.165, 1.54) is 5.56 Å². The Balaban J connectivity index is 0.00000361. The first-order valence-electron chi connectivity index (χ1n) is 6.94. The molecule has 114 valence electrons. The molecule has 0 aromatic heterocycles. The summed E-state index contributed by atoms with van der Waals surface area (Å²) in [5, 5.41) is 5.99. The van der Waals surface area contributed by atoms with E-state index in [0.717, 1.165) is 18.5 Å². The predicted molar refractivity (Wildman–Crippen MR) is 87.4 cm³/mol. The Bertz CT molecular complexity index is 396. The quantitative estimate of drug-likeness (QED) is 0.793. The van der Waals surface area contributed by atoms with Crippen LogP contribution in [-0.4, -0.2) is 19.5 Å². The van der Waals surface area contributed by atoms with Crippen molar-refractivity contribution in [3.05, 3.63) is 35.4 Å². The lowest BCUT2D eigenvalue weighted by Crippen LogP contribution is -2.23. The van der Waals surface area contributed by atoms with Gasteiger partial charge in [-0.3, -0.25) is 4.79 Å². The van der Waals surface area contributed by atoms with E-state index in [4.69, 9.17) is 0 Å². The molecular formula is C16H27ClN2O. The van der Waals surface area contributed by atoms with Crippen LogP contribution in [-0.2, 0) is 16.8 Å². The largest absolute Gasteiger partial charge is 0.352 e. The standard InChI is InChI=1S/C16H26N2O.ClH/c1-16(2,3)14-9-7-13(8-10-14)12-18-15(19)6-5-11-17-4;/h7-10,17H,5-6,11-12H2,1-4H3,(H,18,19);1H. The molecular weight excluding hydrogens is 272 g/mol. The maximum absolute atomic E-state index is 11.6. The van der Waals surface area contributed by atoms with Gasteiger partial charge in [-0.1, -0.05) is 45.0 Å². The van der Waals surface area contributed by atoms with Gasteiger partial charge < -0.3 is 10.6 Å². The van der Waals surface area contributed by atoms with Gasteiger partial charge in [0.1, 0.15) is 0 Å². The van der Waals surface area contributed by atoms with Crippen LogP contribution in [0.25, 0.3) is 0 Å². The third kappa shape index (κ3) is 6.92. The number of amides is 1. The van der Waals surface area contributed by atoms with Gasteiger partial charge in [0.25, 0.3) is 0 Å². The lowest BCUT2D eigenvalue weighted by molar-refractivity contribution is -0.121. The number of halogens is 1. The molecule has 4 heteroatoms. The molecule has 0 saturated carbocycles. The number of hydrogen-bond acceptors (Lipinski definition) is 2. The Morgan fingerprint density at radius 2 is 1.75 bits per heavy atom. The number of nitrogens with one attached hydrogen (secondary N) is 2. The Kier molecular flexibility index (Phi) is 8.51. The SMILES string of the molecule is CNCCCC(=O)NCc1ccc(C(C)(C)C)cc1.Cl. The van der Waals surface area contributed by atoms with Crippen molar-refractivity contribution in [3.63, 3.8) is 0 Å². The summed E-state index contributed by atoms with van der Waals surface area (Å²) in [7, 11) is 1.90. The van der Waals surface area contributed by atoms with E-state index >= 15 is 0 Å². The summed E-state index contributed by atoms with van der Waals surface area (Å²) in [6, 6.07) is 8.47. The van der Waals surface area contributed by atoms with Gasteiger partial charge in [0.05, 0.1) is 0 Å². The fourth-order valence-electron chi connectivity index (χ4n) is 1.84. The number of benzene rings is 1. The second kappa shape index (κ2) is 8.98. The molecule has 1 rings (SSSR count). The van der Waals surface area contributed by atoms with E-state index in [9.17, 15) is 4.79 Å². The van der Waals surface area contributed by atoms with E-state index in [1.807, 2.05) is 7.05 Å². The van der Waals surface area contributed by atoms with Crippen molar-refractivity contribution in [1.29, 1.82) is 0 Å². The monoisotopic (exact) mass is 298 g/mol. The molecule has 0 aliphatic rings. The van der Waals surface area contributed by atoms with E-state index in [-0.39, 0.29) is 23.7 Å². The summed E-state index contributed by atoms with van der Waals surface area (Å²) in [6.07, 6.45) is 1.46. The second-order valence-corrected chi connectivity index (χ2v) is 5.93. The normalized spacial score (nSPS) is 10.8. The van der Waals surface area contributed by atoms with Gasteiger partial charge in [0, 0.05) is 13.0 Å². The third-order valence-electron chi connectivity index (χ3n) is 3.14. The van der Waals surface area contributed by atoms with Gasteiger partial charge in [-0.2, -0.15) is 0 Å². The van der Waals surface area contributed by atoms with Crippen molar-refractivity contribution in [3.8, 4) is 0 Å². The lowest BCUT2D eigenvalue weighted by Gasteiger charge is -2.19. The fourth-order valence-corrected chi connectivity index (χ4v) is 1.84. The molecule has 0 fully saturated rings. The molecule has 0 radical (unpaired) electrons. The highest BCUT2D eigenvalue weighted by molar-refractivity contribution is 5.85. The number of hydrogen-bond donors (Lipinski definition) is 2. The van der Waals surface area contributed by atoms with Crippen LogP contribution in [0.3, 0.4) is 0 Å². The van der Waals surface area contributed by atoms with Gasteiger partial charge in [-0.15, -0.1) is 12.4 Å². The Labute approximate surface area is 128 Å². The average molecular weight is 299 g/mol. The number of rotatable bonds is 6. The molecule has 0 saturated heterocycles. The third-order valence-corrected chi connectivity index (χ3v) is 3.14. The van der Waals surface area contributed by atoms with Crippen LogP contribution in [0.4, 0.5) is 0 Å². The molecule has 0 heterocycles. The zero-order valence-corrected chi connectivity index (χ0v) is 13.8. The van der Waals surface area contributed by atoms with Crippen LogP contribution in [0.1, 0.15) is 44.7 Å². The molecule has 0 atom stereocenters. The van der Waals surface area contributed by atoms with Crippen molar-refractivity contribution in [1.82, 2.24) is 10.6 Å². The summed E-state index contributed by atoms with van der Waals surface area (Å²) >= 11 is 0. The lowest BCUT2D eigenvalue weighted by atomic mass is 9.87. The summed E-state index contributed by atoms with van der Waals surface area (Å²) in [5.41, 5.74) is 2.64. The second-order valence-electron chi connectivity index (χ2n) is 5.93. The summed E-state index contributed by atoms with van der Waals surface area (Å²) in [5.74, 6) is 0.121. The molecule has 0 spiro atoms. The van der Waals surface area contributed by atoms with Crippen LogP contribution in [0.15, 0.2) is 24.3 Å². The summed E-state index contributed by atoms with van der Waals surface area (Å²) < 4.78 is 0. The maximum Gasteiger partial charge on any atom is 0.220 e. The van der Waals surface area contributed by atoms with Crippen molar-refractivity contribution in [2.24, 2.45) is 0 Å². The molecule has 0 aliphatic carbocycles. The first kappa shape index (κ1) is 18.9.